The summed E-state index contributed by atoms with van der Waals surface area (Å²) >= 11 is 0. The van der Waals surface area contributed by atoms with Crippen LogP contribution < -0.4 is 5.32 Å². The van der Waals surface area contributed by atoms with E-state index >= 15 is 0 Å². The number of benzene rings is 2. The van der Waals surface area contributed by atoms with Crippen molar-refractivity contribution >= 4 is 17.8 Å². The van der Waals surface area contributed by atoms with Crippen LogP contribution in [0.1, 0.15) is 45.7 Å². The molecule has 0 radical (unpaired) electrons. The lowest BCUT2D eigenvalue weighted by Crippen LogP contribution is -2.30. The van der Waals surface area contributed by atoms with Gasteiger partial charge in [-0.2, -0.15) is 0 Å². The van der Waals surface area contributed by atoms with Crippen LogP contribution in [0.3, 0.4) is 0 Å². The summed E-state index contributed by atoms with van der Waals surface area (Å²) < 4.78 is 0. The molecule has 0 spiro atoms. The zero-order chi connectivity index (χ0) is 20.7. The highest BCUT2D eigenvalue weighted by Crippen LogP contribution is 2.10. The lowest BCUT2D eigenvalue weighted by Gasteiger charge is -2.19. The maximum atomic E-state index is 12.3. The summed E-state index contributed by atoms with van der Waals surface area (Å²) in [5, 5.41) is 11.9. The number of carbonyl (C=O) groups is 3. The lowest BCUT2D eigenvalue weighted by molar-refractivity contribution is -0.133. The van der Waals surface area contributed by atoms with E-state index in [1.807, 2.05) is 32.0 Å². The molecule has 0 aromatic heterocycles. The Balaban J connectivity index is 1.87. The highest BCUT2D eigenvalue weighted by Gasteiger charge is 2.13. The first-order chi connectivity index (χ1) is 13.3. The van der Waals surface area contributed by atoms with Gasteiger partial charge in [0.2, 0.25) is 5.91 Å². The van der Waals surface area contributed by atoms with E-state index < -0.39 is 5.97 Å². The predicted octanol–water partition coefficient (Wildman–Crippen LogP) is 2.97. The van der Waals surface area contributed by atoms with Crippen LogP contribution in [0.4, 0.5) is 0 Å². The van der Waals surface area contributed by atoms with Crippen molar-refractivity contribution in [3.8, 4) is 0 Å². The van der Waals surface area contributed by atoms with Gasteiger partial charge in [0.1, 0.15) is 0 Å². The Bertz CT molecular complexity index is 844. The normalized spacial score (nSPS) is 10.6. The van der Waals surface area contributed by atoms with E-state index in [4.69, 9.17) is 5.11 Å². The molecule has 2 rings (SSSR count). The molecule has 6 nitrogen and oxygen atoms in total. The molecule has 0 aliphatic heterocycles. The maximum absolute atomic E-state index is 12.3. The molecule has 6 heteroatoms. The Kier molecular flexibility index (Phi) is 7.32. The first kappa shape index (κ1) is 21.2. The molecule has 0 saturated carbocycles. The van der Waals surface area contributed by atoms with Crippen molar-refractivity contribution in [2.75, 3.05) is 13.6 Å². The highest BCUT2D eigenvalue weighted by atomic mass is 16.4. The minimum atomic E-state index is -0.966. The molecule has 0 aliphatic rings. The lowest BCUT2D eigenvalue weighted by atomic mass is 10.1. The fraction of sp³-hybridized carbons (Fsp3) is 0.318. The van der Waals surface area contributed by atoms with Crippen LogP contribution in [-0.4, -0.2) is 41.4 Å². The summed E-state index contributed by atoms with van der Waals surface area (Å²) in [6, 6.07) is 13.8. The van der Waals surface area contributed by atoms with Crippen LogP contribution in [0.15, 0.2) is 48.5 Å². The number of hydrogen-bond donors (Lipinski definition) is 2. The van der Waals surface area contributed by atoms with Gasteiger partial charge >= 0.3 is 5.97 Å². The Morgan fingerprint density at radius 3 is 2.29 bits per heavy atom. The summed E-state index contributed by atoms with van der Waals surface area (Å²) in [6.45, 7) is 4.64. The standard InChI is InChI=1S/C22H26N2O4/c1-15(2)21(26)24(3)14-17-7-9-18(10-8-17)20(25)23-12-11-16-5-4-6-19(13-16)22(27)28/h4-10,13,15H,11-12,14H2,1-3H3,(H,23,25)(H,27,28). The minimum Gasteiger partial charge on any atom is -0.478 e. The van der Waals surface area contributed by atoms with Crippen LogP contribution in [0, 0.1) is 5.92 Å². The molecule has 0 saturated heterocycles. The van der Waals surface area contributed by atoms with Crippen LogP contribution in [0.5, 0.6) is 0 Å². The highest BCUT2D eigenvalue weighted by molar-refractivity contribution is 5.94. The van der Waals surface area contributed by atoms with E-state index in [1.54, 1.807) is 36.2 Å². The summed E-state index contributed by atoms with van der Waals surface area (Å²) in [4.78, 5) is 36.9. The second-order valence-corrected chi connectivity index (χ2v) is 7.06. The zero-order valence-corrected chi connectivity index (χ0v) is 16.4. The monoisotopic (exact) mass is 382 g/mol. The molecule has 0 atom stereocenters. The molecule has 148 valence electrons. The average molecular weight is 382 g/mol. The molecule has 0 bridgehead atoms. The number of nitrogens with zero attached hydrogens (tertiary/aromatic N) is 1. The molecule has 2 N–H and O–H groups in total. The molecular weight excluding hydrogens is 356 g/mol. The second kappa shape index (κ2) is 9.69. The van der Waals surface area contributed by atoms with Crippen molar-refractivity contribution in [3.05, 3.63) is 70.8 Å². The van der Waals surface area contributed by atoms with E-state index in [9.17, 15) is 14.4 Å². The first-order valence-corrected chi connectivity index (χ1v) is 9.22. The maximum Gasteiger partial charge on any atom is 0.335 e. The summed E-state index contributed by atoms with van der Waals surface area (Å²) in [5.41, 5.74) is 2.59. The second-order valence-electron chi connectivity index (χ2n) is 7.06. The summed E-state index contributed by atoms with van der Waals surface area (Å²) in [6.07, 6.45) is 0.549. The van der Waals surface area contributed by atoms with Gasteiger partial charge in [0.05, 0.1) is 5.56 Å². The quantitative estimate of drug-likeness (QED) is 0.735. The third kappa shape index (κ3) is 5.94. The fourth-order valence-electron chi connectivity index (χ4n) is 2.84. The van der Waals surface area contributed by atoms with E-state index in [0.29, 0.717) is 25.1 Å². The van der Waals surface area contributed by atoms with Crippen LogP contribution in [-0.2, 0) is 17.8 Å². The number of carbonyl (C=O) groups excluding carboxylic acids is 2. The van der Waals surface area contributed by atoms with Gasteiger partial charge in [0, 0.05) is 31.6 Å². The number of carboxylic acids is 1. The Hall–Kier alpha value is -3.15. The number of nitrogens with one attached hydrogen (secondary N) is 1. The predicted molar refractivity (Wildman–Crippen MR) is 107 cm³/mol. The van der Waals surface area contributed by atoms with Crippen molar-refractivity contribution in [1.29, 1.82) is 0 Å². The number of hydrogen-bond acceptors (Lipinski definition) is 3. The minimum absolute atomic E-state index is 0.0498. The Labute approximate surface area is 165 Å². The van der Waals surface area contributed by atoms with Crippen molar-refractivity contribution < 1.29 is 19.5 Å². The van der Waals surface area contributed by atoms with Crippen LogP contribution in [0.2, 0.25) is 0 Å². The molecule has 0 fully saturated rings. The van der Waals surface area contributed by atoms with E-state index in [0.717, 1.165) is 11.1 Å². The third-order valence-electron chi connectivity index (χ3n) is 4.38. The third-order valence-corrected chi connectivity index (χ3v) is 4.38. The van der Waals surface area contributed by atoms with Gasteiger partial charge in [-0.25, -0.2) is 4.79 Å². The van der Waals surface area contributed by atoms with Gasteiger partial charge < -0.3 is 15.3 Å². The smallest absolute Gasteiger partial charge is 0.335 e. The molecule has 0 unspecified atom stereocenters. The summed E-state index contributed by atoms with van der Waals surface area (Å²) in [7, 11) is 1.77. The largest absolute Gasteiger partial charge is 0.478 e. The Morgan fingerprint density at radius 2 is 1.68 bits per heavy atom. The molecule has 0 aliphatic carbocycles. The molecule has 2 amide bonds. The van der Waals surface area contributed by atoms with Gasteiger partial charge in [-0.05, 0) is 41.8 Å². The molecule has 2 aromatic carbocycles. The molecule has 2 aromatic rings. The fourth-order valence-corrected chi connectivity index (χ4v) is 2.84. The number of aromatic carboxylic acids is 1. The Morgan fingerprint density at radius 1 is 1.00 bits per heavy atom. The molecular formula is C22H26N2O4. The average Bonchev–Trinajstić information content (AvgIpc) is 2.67. The van der Waals surface area contributed by atoms with E-state index in [1.165, 1.54) is 6.07 Å². The molecule has 0 heterocycles. The van der Waals surface area contributed by atoms with Crippen molar-refractivity contribution in [2.24, 2.45) is 5.92 Å². The number of rotatable bonds is 8. The topological polar surface area (TPSA) is 86.7 Å². The summed E-state index contributed by atoms with van der Waals surface area (Å²) in [5.74, 6) is -1.13. The van der Waals surface area contributed by atoms with Crippen molar-refractivity contribution in [2.45, 2.75) is 26.8 Å². The van der Waals surface area contributed by atoms with Gasteiger partial charge in [0.25, 0.3) is 5.91 Å². The number of amides is 2. The van der Waals surface area contributed by atoms with Gasteiger partial charge in [-0.1, -0.05) is 38.1 Å². The molecule has 28 heavy (non-hydrogen) atoms. The van der Waals surface area contributed by atoms with Gasteiger partial charge in [-0.15, -0.1) is 0 Å². The van der Waals surface area contributed by atoms with Crippen LogP contribution in [0.25, 0.3) is 0 Å². The zero-order valence-electron chi connectivity index (χ0n) is 16.4. The number of carboxylic acid groups (broad SMARTS) is 1. The van der Waals surface area contributed by atoms with Gasteiger partial charge in [-0.3, -0.25) is 9.59 Å². The van der Waals surface area contributed by atoms with Crippen molar-refractivity contribution in [3.63, 3.8) is 0 Å². The first-order valence-electron chi connectivity index (χ1n) is 9.22. The van der Waals surface area contributed by atoms with Crippen molar-refractivity contribution in [1.82, 2.24) is 10.2 Å². The SMILES string of the molecule is CC(C)C(=O)N(C)Cc1ccc(C(=O)NCCc2cccc(C(=O)O)c2)cc1. The van der Waals surface area contributed by atoms with E-state index in [-0.39, 0.29) is 23.3 Å². The van der Waals surface area contributed by atoms with E-state index in [2.05, 4.69) is 5.32 Å². The van der Waals surface area contributed by atoms with Gasteiger partial charge in [0.15, 0.2) is 0 Å². The van der Waals surface area contributed by atoms with Crippen LogP contribution >= 0.6 is 0 Å².